The number of nitrogens with one attached hydrogen (secondary N) is 1. The monoisotopic (exact) mass is 521 g/mol. The van der Waals surface area contributed by atoms with E-state index < -0.39 is 0 Å². The number of aromatic hydroxyl groups is 1. The van der Waals surface area contributed by atoms with Crippen LogP contribution in [0.4, 0.5) is 5.82 Å². The summed E-state index contributed by atoms with van der Waals surface area (Å²) in [6.07, 6.45) is 5.37. The molecule has 4 N–H and O–H groups in total. The van der Waals surface area contributed by atoms with Gasteiger partial charge in [-0.1, -0.05) is 6.07 Å². The van der Waals surface area contributed by atoms with Gasteiger partial charge in [-0.25, -0.2) is 0 Å². The fourth-order valence-electron chi connectivity index (χ4n) is 5.99. The SMILES string of the molecule is COCCN(c1ccc(-c2ccc(-c3cn[nH]c3)cc2O)nn1)C1CC(C)(C)N(C(=O)CCN)C(C)(C)C1. The van der Waals surface area contributed by atoms with Gasteiger partial charge in [0, 0.05) is 61.1 Å². The van der Waals surface area contributed by atoms with E-state index in [0.29, 0.717) is 37.4 Å². The van der Waals surface area contributed by atoms with Crippen LogP contribution in [0.1, 0.15) is 47.0 Å². The number of aromatic amines is 1. The molecular formula is C28H39N7O3. The van der Waals surface area contributed by atoms with Crippen molar-refractivity contribution in [1.29, 1.82) is 0 Å². The fourth-order valence-corrected chi connectivity index (χ4v) is 5.99. The minimum atomic E-state index is -0.361. The van der Waals surface area contributed by atoms with E-state index in [2.05, 4.69) is 53.0 Å². The van der Waals surface area contributed by atoms with Crippen LogP contribution >= 0.6 is 0 Å². The minimum Gasteiger partial charge on any atom is -0.507 e. The maximum atomic E-state index is 13.0. The smallest absolute Gasteiger partial charge is 0.224 e. The molecule has 10 nitrogen and oxygen atoms in total. The molecule has 10 heteroatoms. The fraction of sp³-hybridized carbons (Fsp3) is 0.500. The molecule has 0 spiro atoms. The van der Waals surface area contributed by atoms with Crippen LogP contribution < -0.4 is 10.6 Å². The second-order valence-electron chi connectivity index (χ2n) is 11.1. The van der Waals surface area contributed by atoms with Gasteiger partial charge in [0.25, 0.3) is 0 Å². The number of nitrogens with two attached hydrogens (primary N) is 1. The number of ether oxygens (including phenoxy) is 1. The first-order chi connectivity index (χ1) is 18.1. The number of benzene rings is 1. The Kier molecular flexibility index (Phi) is 8.03. The number of aromatic nitrogens is 4. The number of phenols is 1. The van der Waals surface area contributed by atoms with Crippen LogP contribution in [0.3, 0.4) is 0 Å². The number of carbonyl (C=O) groups is 1. The first-order valence-corrected chi connectivity index (χ1v) is 13.0. The Morgan fingerprint density at radius 1 is 1.16 bits per heavy atom. The Hall–Kier alpha value is -3.50. The summed E-state index contributed by atoms with van der Waals surface area (Å²) in [4.78, 5) is 17.2. The zero-order chi connectivity index (χ0) is 27.5. The van der Waals surface area contributed by atoms with E-state index in [0.717, 1.165) is 29.8 Å². The van der Waals surface area contributed by atoms with Gasteiger partial charge in [-0.3, -0.25) is 9.89 Å². The number of H-pyrrole nitrogens is 1. The van der Waals surface area contributed by atoms with Gasteiger partial charge in [-0.15, -0.1) is 10.2 Å². The molecule has 0 saturated carbocycles. The summed E-state index contributed by atoms with van der Waals surface area (Å²) in [6, 6.07) is 9.40. The molecule has 2 aromatic heterocycles. The van der Waals surface area contributed by atoms with Gasteiger partial charge in [0.05, 0.1) is 18.5 Å². The van der Waals surface area contributed by atoms with E-state index in [1.165, 1.54) is 0 Å². The highest BCUT2D eigenvalue weighted by Gasteiger charge is 2.48. The average Bonchev–Trinajstić information content (AvgIpc) is 3.38. The molecule has 1 aliphatic heterocycles. The number of anilines is 1. The van der Waals surface area contributed by atoms with Gasteiger partial charge in [0.2, 0.25) is 5.91 Å². The molecule has 3 aromatic rings. The largest absolute Gasteiger partial charge is 0.507 e. The topological polar surface area (TPSA) is 133 Å². The van der Waals surface area contributed by atoms with E-state index in [4.69, 9.17) is 10.5 Å². The summed E-state index contributed by atoms with van der Waals surface area (Å²) >= 11 is 0. The number of carbonyl (C=O) groups excluding carboxylic acids is 1. The number of nitrogens with zero attached hydrogens (tertiary/aromatic N) is 5. The number of rotatable bonds is 9. The second-order valence-corrected chi connectivity index (χ2v) is 11.1. The highest BCUT2D eigenvalue weighted by molar-refractivity contribution is 5.78. The molecule has 3 heterocycles. The minimum absolute atomic E-state index is 0.0899. The summed E-state index contributed by atoms with van der Waals surface area (Å²) in [5.74, 6) is 0.950. The van der Waals surface area contributed by atoms with E-state index >= 15 is 0 Å². The third-order valence-corrected chi connectivity index (χ3v) is 7.32. The van der Waals surface area contributed by atoms with Crippen molar-refractivity contribution in [2.24, 2.45) is 5.73 Å². The van der Waals surface area contributed by atoms with Gasteiger partial charge in [-0.2, -0.15) is 5.10 Å². The van der Waals surface area contributed by atoms with Gasteiger partial charge in [0.15, 0.2) is 5.82 Å². The van der Waals surface area contributed by atoms with Crippen LogP contribution in [0.5, 0.6) is 5.75 Å². The molecule has 38 heavy (non-hydrogen) atoms. The van der Waals surface area contributed by atoms with Gasteiger partial charge < -0.3 is 25.4 Å². The lowest BCUT2D eigenvalue weighted by Crippen LogP contribution is -2.66. The molecule has 1 aliphatic rings. The van der Waals surface area contributed by atoms with Crippen LogP contribution in [0.25, 0.3) is 22.4 Å². The number of likely N-dealkylation sites (tertiary alicyclic amines) is 1. The van der Waals surface area contributed by atoms with Crippen molar-refractivity contribution < 1.29 is 14.6 Å². The zero-order valence-electron chi connectivity index (χ0n) is 22.9. The predicted octanol–water partition coefficient (Wildman–Crippen LogP) is 3.59. The van der Waals surface area contributed by atoms with Crippen LogP contribution in [0.15, 0.2) is 42.7 Å². The molecule has 204 valence electrons. The van der Waals surface area contributed by atoms with E-state index in [-0.39, 0.29) is 28.8 Å². The molecule has 0 aliphatic carbocycles. The molecule has 1 saturated heterocycles. The normalized spacial score (nSPS) is 16.9. The predicted molar refractivity (Wildman–Crippen MR) is 148 cm³/mol. The van der Waals surface area contributed by atoms with Gasteiger partial charge in [-0.05, 0) is 70.4 Å². The maximum Gasteiger partial charge on any atom is 0.224 e. The number of piperidine rings is 1. The quantitative estimate of drug-likeness (QED) is 0.389. The molecule has 0 bridgehead atoms. The molecule has 0 radical (unpaired) electrons. The summed E-state index contributed by atoms with van der Waals surface area (Å²) in [5.41, 5.74) is 7.92. The van der Waals surface area contributed by atoms with Gasteiger partial charge in [0.1, 0.15) is 5.75 Å². The zero-order valence-corrected chi connectivity index (χ0v) is 22.9. The third kappa shape index (κ3) is 5.66. The van der Waals surface area contributed by atoms with Crippen LogP contribution in [-0.2, 0) is 9.53 Å². The van der Waals surface area contributed by atoms with E-state index in [1.807, 2.05) is 29.2 Å². The van der Waals surface area contributed by atoms with E-state index in [9.17, 15) is 9.90 Å². The molecule has 0 unspecified atom stereocenters. The Bertz CT molecular complexity index is 1210. The molecule has 4 rings (SSSR count). The summed E-state index contributed by atoms with van der Waals surface area (Å²) in [5, 5.41) is 26.5. The molecule has 1 amide bonds. The summed E-state index contributed by atoms with van der Waals surface area (Å²) in [7, 11) is 1.69. The average molecular weight is 522 g/mol. The second kappa shape index (κ2) is 11.1. The van der Waals surface area contributed by atoms with E-state index in [1.54, 1.807) is 25.6 Å². The van der Waals surface area contributed by atoms with Crippen molar-refractivity contribution in [3.63, 3.8) is 0 Å². The van der Waals surface area contributed by atoms with Crippen molar-refractivity contribution in [2.75, 3.05) is 31.7 Å². The van der Waals surface area contributed by atoms with Gasteiger partial charge >= 0.3 is 0 Å². The first-order valence-electron chi connectivity index (χ1n) is 13.0. The lowest BCUT2D eigenvalue weighted by Gasteiger charge is -2.57. The van der Waals surface area contributed by atoms with Crippen molar-refractivity contribution in [3.05, 3.63) is 42.7 Å². The molecular weight excluding hydrogens is 482 g/mol. The lowest BCUT2D eigenvalue weighted by atomic mass is 9.76. The Labute approximate surface area is 224 Å². The molecule has 1 fully saturated rings. The van der Waals surface area contributed by atoms with Crippen LogP contribution in [0, 0.1) is 0 Å². The molecule has 1 aromatic carbocycles. The number of hydrogen-bond donors (Lipinski definition) is 3. The maximum absolute atomic E-state index is 13.0. The van der Waals surface area contributed by atoms with Crippen LogP contribution in [0.2, 0.25) is 0 Å². The van der Waals surface area contributed by atoms with Crippen molar-refractivity contribution in [3.8, 4) is 28.1 Å². The highest BCUT2D eigenvalue weighted by Crippen LogP contribution is 2.41. The number of amides is 1. The number of methoxy groups -OCH3 is 1. The van der Waals surface area contributed by atoms with Crippen molar-refractivity contribution in [1.82, 2.24) is 25.3 Å². The Morgan fingerprint density at radius 2 is 1.89 bits per heavy atom. The summed E-state index contributed by atoms with van der Waals surface area (Å²) in [6.45, 7) is 10.00. The first kappa shape index (κ1) is 27.5. The van der Waals surface area contributed by atoms with Crippen LogP contribution in [-0.4, -0.2) is 80.2 Å². The lowest BCUT2D eigenvalue weighted by molar-refractivity contribution is -0.149. The number of hydrogen-bond acceptors (Lipinski definition) is 8. The van der Waals surface area contributed by atoms with Crippen molar-refractivity contribution in [2.45, 2.75) is 64.1 Å². The Balaban J connectivity index is 1.60. The Morgan fingerprint density at radius 3 is 2.45 bits per heavy atom. The third-order valence-electron chi connectivity index (χ3n) is 7.32. The molecule has 0 atom stereocenters. The number of phenolic OH excluding ortho intramolecular Hbond substituents is 1. The standard InChI is InChI=1S/C28H39N7O3/c1-27(2)15-21(16-28(3,4)35(27)26(37)10-11-29)34(12-13-38-5)25-9-8-23(32-33-25)22-7-6-19(14-24(22)36)20-17-30-31-18-20/h6-9,14,17-18,21,36H,10-13,15-16,29H2,1-5H3,(H,30,31). The highest BCUT2D eigenvalue weighted by atomic mass is 16.5. The summed E-state index contributed by atoms with van der Waals surface area (Å²) < 4.78 is 5.42. The van der Waals surface area contributed by atoms with Crippen molar-refractivity contribution >= 4 is 11.7 Å².